The second kappa shape index (κ2) is 6.63. The molecule has 0 spiro atoms. The van der Waals surface area contributed by atoms with E-state index >= 15 is 0 Å². The fourth-order valence-electron chi connectivity index (χ4n) is 3.46. The quantitative estimate of drug-likeness (QED) is 0.919. The van der Waals surface area contributed by atoms with Gasteiger partial charge in [-0.2, -0.15) is 0 Å². The molecule has 1 aliphatic rings. The molecular weight excluding hydrogens is 310 g/mol. The van der Waals surface area contributed by atoms with E-state index in [2.05, 4.69) is 26.1 Å². The Bertz CT molecular complexity index is 674. The SMILES string of the molecule is CC(C)(C)[C@@H]1CCCC[C@H]1NC(=O)c1cccc(S(C)(=O)=O)c1. The molecule has 0 radical (unpaired) electrons. The van der Waals surface area contributed by atoms with Crippen LogP contribution in [0, 0.1) is 11.3 Å². The number of hydrogen-bond donors (Lipinski definition) is 1. The summed E-state index contributed by atoms with van der Waals surface area (Å²) >= 11 is 0. The third-order valence-electron chi connectivity index (χ3n) is 4.72. The van der Waals surface area contributed by atoms with Crippen molar-refractivity contribution in [2.45, 2.75) is 57.4 Å². The summed E-state index contributed by atoms with van der Waals surface area (Å²) < 4.78 is 23.3. The van der Waals surface area contributed by atoms with Gasteiger partial charge in [-0.1, -0.05) is 39.7 Å². The van der Waals surface area contributed by atoms with E-state index in [1.807, 2.05) is 0 Å². The highest BCUT2D eigenvalue weighted by Gasteiger charge is 2.35. The number of rotatable bonds is 3. The molecule has 0 aromatic heterocycles. The molecule has 1 aromatic rings. The van der Waals surface area contributed by atoms with E-state index < -0.39 is 9.84 Å². The van der Waals surface area contributed by atoms with Crippen LogP contribution in [0.15, 0.2) is 29.2 Å². The minimum atomic E-state index is -3.31. The van der Waals surface area contributed by atoms with Crippen molar-refractivity contribution in [3.63, 3.8) is 0 Å². The highest BCUT2D eigenvalue weighted by atomic mass is 32.2. The van der Waals surface area contributed by atoms with Gasteiger partial charge < -0.3 is 5.32 Å². The molecule has 1 N–H and O–H groups in total. The Morgan fingerprint density at radius 2 is 1.83 bits per heavy atom. The second-order valence-electron chi connectivity index (χ2n) is 7.64. The summed E-state index contributed by atoms with van der Waals surface area (Å²) in [4.78, 5) is 12.7. The first kappa shape index (κ1) is 18.0. The van der Waals surface area contributed by atoms with Gasteiger partial charge in [0.2, 0.25) is 0 Å². The van der Waals surface area contributed by atoms with Crippen molar-refractivity contribution < 1.29 is 13.2 Å². The minimum absolute atomic E-state index is 0.146. The minimum Gasteiger partial charge on any atom is -0.349 e. The lowest BCUT2D eigenvalue weighted by Gasteiger charge is -2.40. The van der Waals surface area contributed by atoms with Gasteiger partial charge in [-0.05, 0) is 42.4 Å². The lowest BCUT2D eigenvalue weighted by molar-refractivity contribution is 0.0830. The Labute approximate surface area is 139 Å². The fourth-order valence-corrected chi connectivity index (χ4v) is 4.13. The topological polar surface area (TPSA) is 63.2 Å². The van der Waals surface area contributed by atoms with Gasteiger partial charge in [0.1, 0.15) is 0 Å². The Hall–Kier alpha value is -1.36. The van der Waals surface area contributed by atoms with Gasteiger partial charge in [-0.3, -0.25) is 4.79 Å². The molecule has 1 fully saturated rings. The number of carbonyl (C=O) groups is 1. The van der Waals surface area contributed by atoms with Crippen molar-refractivity contribution in [2.24, 2.45) is 11.3 Å². The van der Waals surface area contributed by atoms with E-state index in [1.165, 1.54) is 18.6 Å². The molecule has 2 rings (SSSR count). The molecule has 1 saturated carbocycles. The zero-order valence-corrected chi connectivity index (χ0v) is 15.2. The van der Waals surface area contributed by atoms with Crippen LogP contribution >= 0.6 is 0 Å². The van der Waals surface area contributed by atoms with Gasteiger partial charge in [-0.25, -0.2) is 8.42 Å². The summed E-state index contributed by atoms with van der Waals surface area (Å²) in [5, 5.41) is 3.14. The monoisotopic (exact) mass is 337 g/mol. The third-order valence-corrected chi connectivity index (χ3v) is 5.83. The molecule has 1 aromatic carbocycles. The molecular formula is C18H27NO3S. The van der Waals surface area contributed by atoms with E-state index in [0.717, 1.165) is 25.5 Å². The maximum Gasteiger partial charge on any atom is 0.251 e. The van der Waals surface area contributed by atoms with E-state index in [0.29, 0.717) is 11.5 Å². The van der Waals surface area contributed by atoms with E-state index in [1.54, 1.807) is 12.1 Å². The fraction of sp³-hybridized carbons (Fsp3) is 0.611. The van der Waals surface area contributed by atoms with Crippen molar-refractivity contribution >= 4 is 15.7 Å². The molecule has 0 unspecified atom stereocenters. The van der Waals surface area contributed by atoms with Crippen LogP contribution in [0.1, 0.15) is 56.8 Å². The number of amides is 1. The number of hydrogen-bond acceptors (Lipinski definition) is 3. The number of nitrogens with one attached hydrogen (secondary N) is 1. The van der Waals surface area contributed by atoms with Crippen molar-refractivity contribution in [3.05, 3.63) is 29.8 Å². The second-order valence-corrected chi connectivity index (χ2v) is 9.65. The molecule has 0 bridgehead atoms. The summed E-state index contributed by atoms with van der Waals surface area (Å²) in [6.07, 6.45) is 5.59. The van der Waals surface area contributed by atoms with Crippen LogP contribution in [0.4, 0.5) is 0 Å². The first-order valence-corrected chi connectivity index (χ1v) is 10.1. The van der Waals surface area contributed by atoms with Crippen LogP contribution in [0.25, 0.3) is 0 Å². The van der Waals surface area contributed by atoms with E-state index in [4.69, 9.17) is 0 Å². The van der Waals surface area contributed by atoms with Gasteiger partial charge in [0.05, 0.1) is 4.90 Å². The maximum atomic E-state index is 12.6. The van der Waals surface area contributed by atoms with Crippen molar-refractivity contribution in [1.82, 2.24) is 5.32 Å². The van der Waals surface area contributed by atoms with Crippen molar-refractivity contribution in [3.8, 4) is 0 Å². The molecule has 4 nitrogen and oxygen atoms in total. The predicted octanol–water partition coefficient (Wildman–Crippen LogP) is 3.42. The normalized spacial score (nSPS) is 22.6. The Balaban J connectivity index is 2.18. The Morgan fingerprint density at radius 3 is 2.43 bits per heavy atom. The lowest BCUT2D eigenvalue weighted by atomic mass is 9.69. The zero-order valence-electron chi connectivity index (χ0n) is 14.4. The lowest BCUT2D eigenvalue weighted by Crippen LogP contribution is -2.46. The van der Waals surface area contributed by atoms with E-state index in [-0.39, 0.29) is 22.3 Å². The zero-order chi connectivity index (χ0) is 17.3. The highest BCUT2D eigenvalue weighted by Crippen LogP contribution is 2.38. The largest absolute Gasteiger partial charge is 0.349 e. The molecule has 2 atom stereocenters. The molecule has 0 saturated heterocycles. The Morgan fingerprint density at radius 1 is 1.17 bits per heavy atom. The smallest absolute Gasteiger partial charge is 0.251 e. The first-order chi connectivity index (χ1) is 10.6. The maximum absolute atomic E-state index is 12.6. The van der Waals surface area contributed by atoms with Crippen LogP contribution in [-0.4, -0.2) is 26.6 Å². The van der Waals surface area contributed by atoms with Crippen LogP contribution in [0.3, 0.4) is 0 Å². The van der Waals surface area contributed by atoms with Crippen molar-refractivity contribution in [2.75, 3.05) is 6.26 Å². The van der Waals surface area contributed by atoms with Crippen LogP contribution in [-0.2, 0) is 9.84 Å². The number of carbonyl (C=O) groups excluding carboxylic acids is 1. The summed E-state index contributed by atoms with van der Waals surface area (Å²) in [5.41, 5.74) is 0.554. The molecule has 23 heavy (non-hydrogen) atoms. The summed E-state index contributed by atoms with van der Waals surface area (Å²) in [5.74, 6) is 0.259. The standard InChI is InChI=1S/C18H27NO3S/c1-18(2,3)15-10-5-6-11-16(15)19-17(20)13-8-7-9-14(12-13)23(4,21)22/h7-9,12,15-16H,5-6,10-11H2,1-4H3,(H,19,20)/t15-,16-/m1/s1. The van der Waals surface area contributed by atoms with Gasteiger partial charge in [0, 0.05) is 17.9 Å². The molecule has 1 aliphatic carbocycles. The number of benzene rings is 1. The number of sulfone groups is 1. The van der Waals surface area contributed by atoms with Crippen LogP contribution in [0.5, 0.6) is 0 Å². The summed E-state index contributed by atoms with van der Waals surface area (Å²) in [6.45, 7) is 6.64. The molecule has 0 aliphatic heterocycles. The van der Waals surface area contributed by atoms with Crippen LogP contribution < -0.4 is 5.32 Å². The van der Waals surface area contributed by atoms with Gasteiger partial charge in [0.25, 0.3) is 5.91 Å². The average molecular weight is 337 g/mol. The molecule has 128 valence electrons. The van der Waals surface area contributed by atoms with Gasteiger partial charge in [0.15, 0.2) is 9.84 Å². The van der Waals surface area contributed by atoms with Crippen molar-refractivity contribution in [1.29, 1.82) is 0 Å². The highest BCUT2D eigenvalue weighted by molar-refractivity contribution is 7.90. The van der Waals surface area contributed by atoms with Gasteiger partial charge in [-0.15, -0.1) is 0 Å². The van der Waals surface area contributed by atoms with E-state index in [9.17, 15) is 13.2 Å². The summed E-state index contributed by atoms with van der Waals surface area (Å²) in [6, 6.07) is 6.41. The Kier molecular flexibility index (Phi) is 5.19. The first-order valence-electron chi connectivity index (χ1n) is 8.20. The third kappa shape index (κ3) is 4.56. The van der Waals surface area contributed by atoms with Crippen LogP contribution in [0.2, 0.25) is 0 Å². The molecule has 5 heteroatoms. The average Bonchev–Trinajstić information content (AvgIpc) is 2.46. The molecule has 0 heterocycles. The predicted molar refractivity (Wildman–Crippen MR) is 92.2 cm³/mol. The van der Waals surface area contributed by atoms with Gasteiger partial charge >= 0.3 is 0 Å². The summed E-state index contributed by atoms with van der Waals surface area (Å²) in [7, 11) is -3.31. The molecule has 1 amide bonds.